The molecule has 1 N–H and O–H groups in total. The maximum Gasteiger partial charge on any atom is 0.0473 e. The Kier molecular flexibility index (Phi) is 4.16. The molecule has 1 fully saturated rings. The second-order valence-electron chi connectivity index (χ2n) is 6.29. The van der Waals surface area contributed by atoms with Gasteiger partial charge in [0.25, 0.3) is 0 Å². The fourth-order valence-electron chi connectivity index (χ4n) is 3.17. The summed E-state index contributed by atoms with van der Waals surface area (Å²) in [5.74, 6) is 0. The number of likely N-dealkylation sites (N-methyl/N-ethyl adjacent to an activating group) is 1. The number of para-hydroxylation sites is 1. The first kappa shape index (κ1) is 14.4. The second kappa shape index (κ2) is 5.51. The van der Waals surface area contributed by atoms with Gasteiger partial charge in [-0.05, 0) is 45.9 Å². The number of benzene rings is 1. The molecule has 0 amide bonds. The Labute approximate surface area is 116 Å². The summed E-state index contributed by atoms with van der Waals surface area (Å²) in [7, 11) is 2.16. The molecule has 0 aliphatic carbocycles. The minimum Gasteiger partial charge on any atom is -0.396 e. The first-order valence-electron chi connectivity index (χ1n) is 7.10. The standard InChI is InChI=1S/C16H26N2O/c1-13-7-5-6-8-15(13)18-11-14(9-10-19)17(4)12-16(18,2)3/h5-8,14,19H,9-12H2,1-4H3. The van der Waals surface area contributed by atoms with Crippen molar-refractivity contribution in [1.82, 2.24) is 4.90 Å². The van der Waals surface area contributed by atoms with Crippen LogP contribution >= 0.6 is 0 Å². The fourth-order valence-corrected chi connectivity index (χ4v) is 3.17. The molecule has 1 atom stereocenters. The summed E-state index contributed by atoms with van der Waals surface area (Å²) in [5, 5.41) is 9.23. The summed E-state index contributed by atoms with van der Waals surface area (Å²) >= 11 is 0. The largest absolute Gasteiger partial charge is 0.396 e. The number of piperazine rings is 1. The third-order valence-corrected chi connectivity index (χ3v) is 4.25. The predicted molar refractivity (Wildman–Crippen MR) is 80.7 cm³/mol. The third kappa shape index (κ3) is 2.93. The number of aryl methyl sites for hydroxylation is 1. The minimum atomic E-state index is 0.118. The van der Waals surface area contributed by atoms with Gasteiger partial charge in [0, 0.05) is 37.0 Å². The molecular weight excluding hydrogens is 236 g/mol. The highest BCUT2D eigenvalue weighted by Gasteiger charge is 2.37. The molecule has 0 aromatic heterocycles. The van der Waals surface area contributed by atoms with Gasteiger partial charge in [0.1, 0.15) is 0 Å². The lowest BCUT2D eigenvalue weighted by Gasteiger charge is -2.51. The summed E-state index contributed by atoms with van der Waals surface area (Å²) in [4.78, 5) is 4.88. The van der Waals surface area contributed by atoms with Crippen molar-refractivity contribution in [3.8, 4) is 0 Å². The van der Waals surface area contributed by atoms with Crippen molar-refractivity contribution in [2.75, 3.05) is 31.6 Å². The molecule has 1 aromatic carbocycles. The molecule has 2 rings (SSSR count). The van der Waals surface area contributed by atoms with E-state index in [1.54, 1.807) is 0 Å². The van der Waals surface area contributed by atoms with Crippen LogP contribution in [0.15, 0.2) is 24.3 Å². The minimum absolute atomic E-state index is 0.118. The Balaban J connectivity index is 2.29. The van der Waals surface area contributed by atoms with Crippen molar-refractivity contribution in [3.05, 3.63) is 29.8 Å². The monoisotopic (exact) mass is 262 g/mol. The van der Waals surface area contributed by atoms with Crippen LogP contribution in [0.25, 0.3) is 0 Å². The van der Waals surface area contributed by atoms with Crippen LogP contribution < -0.4 is 4.90 Å². The predicted octanol–water partition coefficient (Wildman–Crippen LogP) is 2.28. The maximum atomic E-state index is 9.23. The third-order valence-electron chi connectivity index (χ3n) is 4.25. The Bertz CT molecular complexity index is 431. The van der Waals surface area contributed by atoms with Gasteiger partial charge in [-0.1, -0.05) is 18.2 Å². The van der Waals surface area contributed by atoms with E-state index in [0.717, 1.165) is 19.5 Å². The SMILES string of the molecule is Cc1ccccc1N1CC(CCO)N(C)CC1(C)C. The summed E-state index contributed by atoms with van der Waals surface area (Å²) in [6, 6.07) is 9.01. The van der Waals surface area contributed by atoms with Crippen molar-refractivity contribution in [3.63, 3.8) is 0 Å². The summed E-state index contributed by atoms with van der Waals surface area (Å²) in [5.41, 5.74) is 2.76. The van der Waals surface area contributed by atoms with Crippen LogP contribution in [-0.4, -0.2) is 48.3 Å². The molecule has 19 heavy (non-hydrogen) atoms. The van der Waals surface area contributed by atoms with Crippen LogP contribution in [0.5, 0.6) is 0 Å². The molecule has 1 heterocycles. The molecule has 3 nitrogen and oxygen atoms in total. The van der Waals surface area contributed by atoms with Crippen molar-refractivity contribution < 1.29 is 5.11 Å². The van der Waals surface area contributed by atoms with Gasteiger partial charge in [-0.3, -0.25) is 4.90 Å². The smallest absolute Gasteiger partial charge is 0.0473 e. The summed E-state index contributed by atoms with van der Waals surface area (Å²) in [6.45, 7) is 9.03. The van der Waals surface area contributed by atoms with E-state index in [9.17, 15) is 5.11 Å². The van der Waals surface area contributed by atoms with Crippen LogP contribution in [0.2, 0.25) is 0 Å². The Morgan fingerprint density at radius 3 is 2.63 bits per heavy atom. The van der Waals surface area contributed by atoms with Crippen LogP contribution in [0, 0.1) is 6.92 Å². The van der Waals surface area contributed by atoms with Crippen molar-refractivity contribution in [2.45, 2.75) is 38.8 Å². The zero-order chi connectivity index (χ0) is 14.0. The zero-order valence-electron chi connectivity index (χ0n) is 12.6. The lowest BCUT2D eigenvalue weighted by Crippen LogP contribution is -2.62. The van der Waals surface area contributed by atoms with E-state index in [4.69, 9.17) is 0 Å². The Morgan fingerprint density at radius 1 is 1.32 bits per heavy atom. The Hall–Kier alpha value is -1.06. The van der Waals surface area contributed by atoms with Crippen LogP contribution in [0.4, 0.5) is 5.69 Å². The molecule has 106 valence electrons. The van der Waals surface area contributed by atoms with E-state index in [-0.39, 0.29) is 12.1 Å². The fraction of sp³-hybridized carbons (Fsp3) is 0.625. The lowest BCUT2D eigenvalue weighted by molar-refractivity contribution is 0.125. The van der Waals surface area contributed by atoms with Gasteiger partial charge in [0.2, 0.25) is 0 Å². The number of aliphatic hydroxyl groups is 1. The second-order valence-corrected chi connectivity index (χ2v) is 6.29. The molecule has 0 radical (unpaired) electrons. The number of anilines is 1. The van der Waals surface area contributed by atoms with Gasteiger partial charge >= 0.3 is 0 Å². The topological polar surface area (TPSA) is 26.7 Å². The molecule has 0 spiro atoms. The number of nitrogens with zero attached hydrogens (tertiary/aromatic N) is 2. The van der Waals surface area contributed by atoms with Crippen molar-refractivity contribution >= 4 is 5.69 Å². The molecule has 1 aromatic rings. The average molecular weight is 262 g/mol. The van der Waals surface area contributed by atoms with Gasteiger partial charge < -0.3 is 10.0 Å². The van der Waals surface area contributed by atoms with Crippen LogP contribution in [-0.2, 0) is 0 Å². The van der Waals surface area contributed by atoms with E-state index in [0.29, 0.717) is 6.04 Å². The molecule has 1 aliphatic heterocycles. The number of aliphatic hydroxyl groups excluding tert-OH is 1. The maximum absolute atomic E-state index is 9.23. The highest BCUT2D eigenvalue weighted by atomic mass is 16.3. The highest BCUT2D eigenvalue weighted by molar-refractivity contribution is 5.55. The molecule has 3 heteroatoms. The van der Waals surface area contributed by atoms with E-state index in [2.05, 4.69) is 61.9 Å². The average Bonchev–Trinajstić information content (AvgIpc) is 2.33. The molecule has 0 bridgehead atoms. The van der Waals surface area contributed by atoms with Gasteiger partial charge in [-0.15, -0.1) is 0 Å². The normalized spacial score (nSPS) is 23.6. The van der Waals surface area contributed by atoms with Crippen LogP contribution in [0.1, 0.15) is 25.8 Å². The van der Waals surface area contributed by atoms with E-state index in [1.807, 2.05) is 0 Å². The van der Waals surface area contributed by atoms with Gasteiger partial charge in [-0.2, -0.15) is 0 Å². The van der Waals surface area contributed by atoms with E-state index < -0.39 is 0 Å². The number of hydrogen-bond donors (Lipinski definition) is 1. The molecule has 0 saturated carbocycles. The molecule has 1 aliphatic rings. The first-order chi connectivity index (χ1) is 8.95. The lowest BCUT2D eigenvalue weighted by atomic mass is 9.93. The first-order valence-corrected chi connectivity index (χ1v) is 7.10. The van der Waals surface area contributed by atoms with Gasteiger partial charge in [-0.25, -0.2) is 0 Å². The molecular formula is C16H26N2O. The quantitative estimate of drug-likeness (QED) is 0.905. The van der Waals surface area contributed by atoms with E-state index >= 15 is 0 Å². The zero-order valence-corrected chi connectivity index (χ0v) is 12.6. The molecule has 1 unspecified atom stereocenters. The van der Waals surface area contributed by atoms with E-state index in [1.165, 1.54) is 11.3 Å². The number of hydrogen-bond acceptors (Lipinski definition) is 3. The number of rotatable bonds is 3. The van der Waals surface area contributed by atoms with Crippen molar-refractivity contribution in [1.29, 1.82) is 0 Å². The summed E-state index contributed by atoms with van der Waals surface area (Å²) < 4.78 is 0. The summed E-state index contributed by atoms with van der Waals surface area (Å²) in [6.07, 6.45) is 0.842. The Morgan fingerprint density at radius 2 is 2.00 bits per heavy atom. The van der Waals surface area contributed by atoms with Gasteiger partial charge in [0.15, 0.2) is 0 Å². The van der Waals surface area contributed by atoms with Crippen LogP contribution in [0.3, 0.4) is 0 Å². The van der Waals surface area contributed by atoms with Gasteiger partial charge in [0.05, 0.1) is 0 Å². The highest BCUT2D eigenvalue weighted by Crippen LogP contribution is 2.32. The molecule has 1 saturated heterocycles. The van der Waals surface area contributed by atoms with Crippen molar-refractivity contribution in [2.24, 2.45) is 0 Å².